The molecule has 1 aliphatic rings. The summed E-state index contributed by atoms with van der Waals surface area (Å²) in [6, 6.07) is 5.67. The summed E-state index contributed by atoms with van der Waals surface area (Å²) in [5.74, 6) is -1.94. The molecule has 0 saturated carbocycles. The number of nitrogens with one attached hydrogen (secondary N) is 1. The van der Waals surface area contributed by atoms with Gasteiger partial charge in [-0.2, -0.15) is 0 Å². The normalized spacial score (nSPS) is 19.0. The van der Waals surface area contributed by atoms with Crippen molar-refractivity contribution in [2.24, 2.45) is 5.92 Å². The number of likely N-dealkylation sites (tertiary alicyclic amines) is 1. The predicted octanol–water partition coefficient (Wildman–Crippen LogP) is 1.78. The van der Waals surface area contributed by atoms with Crippen molar-refractivity contribution in [3.05, 3.63) is 34.9 Å². The van der Waals surface area contributed by atoms with E-state index in [0.717, 1.165) is 0 Å². The number of hydrogen-bond acceptors (Lipinski definition) is 3. The molecular formula is C16H19ClN2O4. The van der Waals surface area contributed by atoms with Crippen LogP contribution in [-0.4, -0.2) is 46.9 Å². The zero-order valence-corrected chi connectivity index (χ0v) is 13.5. The molecule has 2 rings (SSSR count). The van der Waals surface area contributed by atoms with Gasteiger partial charge in [0.25, 0.3) is 5.91 Å². The summed E-state index contributed by atoms with van der Waals surface area (Å²) in [7, 11) is 0. The molecule has 1 aromatic carbocycles. The topological polar surface area (TPSA) is 86.7 Å². The fourth-order valence-electron chi connectivity index (χ4n) is 2.54. The molecule has 1 saturated heterocycles. The third-order valence-corrected chi connectivity index (χ3v) is 4.15. The molecule has 2 amide bonds. The number of hydrogen-bond donors (Lipinski definition) is 2. The largest absolute Gasteiger partial charge is 0.480 e. The fraction of sp³-hybridized carbons (Fsp3) is 0.438. The van der Waals surface area contributed by atoms with E-state index in [4.69, 9.17) is 16.7 Å². The summed E-state index contributed by atoms with van der Waals surface area (Å²) < 4.78 is 0. The molecule has 2 atom stereocenters. The van der Waals surface area contributed by atoms with E-state index in [9.17, 15) is 14.4 Å². The van der Waals surface area contributed by atoms with E-state index >= 15 is 0 Å². The number of carbonyl (C=O) groups excluding carboxylic acids is 2. The lowest BCUT2D eigenvalue weighted by Crippen LogP contribution is -2.48. The first-order valence-corrected chi connectivity index (χ1v) is 7.84. The minimum absolute atomic E-state index is 0.148. The van der Waals surface area contributed by atoms with Crippen molar-refractivity contribution in [1.29, 1.82) is 0 Å². The van der Waals surface area contributed by atoms with Crippen LogP contribution in [-0.2, 0) is 9.59 Å². The SMILES string of the molecule is C[C@H](NC(=O)C1CCCN(C(=O)c2ccc(Cl)cc2)C1)C(=O)O. The van der Waals surface area contributed by atoms with Crippen LogP contribution in [0.2, 0.25) is 5.02 Å². The van der Waals surface area contributed by atoms with Gasteiger partial charge in [-0.25, -0.2) is 0 Å². The summed E-state index contributed by atoms with van der Waals surface area (Å²) in [4.78, 5) is 37.0. The molecule has 23 heavy (non-hydrogen) atoms. The predicted molar refractivity (Wildman–Crippen MR) is 85.3 cm³/mol. The van der Waals surface area contributed by atoms with Crippen molar-refractivity contribution in [3.8, 4) is 0 Å². The van der Waals surface area contributed by atoms with Crippen molar-refractivity contribution in [3.63, 3.8) is 0 Å². The molecule has 1 aromatic rings. The molecule has 0 radical (unpaired) electrons. The van der Waals surface area contributed by atoms with Crippen LogP contribution in [0.4, 0.5) is 0 Å². The Bertz CT molecular complexity index is 603. The van der Waals surface area contributed by atoms with Gasteiger partial charge in [-0.3, -0.25) is 14.4 Å². The second-order valence-electron chi connectivity index (χ2n) is 5.67. The average Bonchev–Trinajstić information content (AvgIpc) is 2.54. The highest BCUT2D eigenvalue weighted by molar-refractivity contribution is 6.30. The number of aliphatic carboxylic acids is 1. The van der Waals surface area contributed by atoms with Crippen LogP contribution in [0.15, 0.2) is 24.3 Å². The van der Waals surface area contributed by atoms with Gasteiger partial charge in [0.1, 0.15) is 6.04 Å². The van der Waals surface area contributed by atoms with Crippen molar-refractivity contribution in [1.82, 2.24) is 10.2 Å². The lowest BCUT2D eigenvalue weighted by atomic mass is 9.96. The maximum Gasteiger partial charge on any atom is 0.325 e. The Balaban J connectivity index is 2.00. The average molecular weight is 339 g/mol. The maximum absolute atomic E-state index is 12.5. The fourth-order valence-corrected chi connectivity index (χ4v) is 2.67. The first-order valence-electron chi connectivity index (χ1n) is 7.46. The molecule has 6 nitrogen and oxygen atoms in total. The van der Waals surface area contributed by atoms with E-state index in [1.54, 1.807) is 29.2 Å². The van der Waals surface area contributed by atoms with Gasteiger partial charge in [0.2, 0.25) is 5.91 Å². The van der Waals surface area contributed by atoms with Gasteiger partial charge in [0, 0.05) is 23.7 Å². The molecular weight excluding hydrogens is 320 g/mol. The quantitative estimate of drug-likeness (QED) is 0.876. The Morgan fingerprint density at radius 1 is 1.30 bits per heavy atom. The minimum atomic E-state index is -1.08. The van der Waals surface area contributed by atoms with Crippen LogP contribution < -0.4 is 5.32 Å². The molecule has 0 bridgehead atoms. The van der Waals surface area contributed by atoms with Crippen LogP contribution in [0.1, 0.15) is 30.1 Å². The molecule has 0 aliphatic carbocycles. The zero-order valence-electron chi connectivity index (χ0n) is 12.8. The van der Waals surface area contributed by atoms with Crippen LogP contribution in [0.3, 0.4) is 0 Å². The van der Waals surface area contributed by atoms with Gasteiger partial charge in [-0.15, -0.1) is 0 Å². The third-order valence-electron chi connectivity index (χ3n) is 3.90. The molecule has 1 heterocycles. The summed E-state index contributed by atoms with van der Waals surface area (Å²) in [6.07, 6.45) is 1.35. The standard InChI is InChI=1S/C16H19ClN2O4/c1-10(16(22)23)18-14(20)12-3-2-8-19(9-12)15(21)11-4-6-13(17)7-5-11/h4-7,10,12H,2-3,8-9H2,1H3,(H,18,20)(H,22,23)/t10-,12?/m0/s1. The highest BCUT2D eigenvalue weighted by Gasteiger charge is 2.30. The van der Waals surface area contributed by atoms with Crippen molar-refractivity contribution in [2.45, 2.75) is 25.8 Å². The van der Waals surface area contributed by atoms with E-state index in [-0.39, 0.29) is 17.7 Å². The molecule has 124 valence electrons. The number of carbonyl (C=O) groups is 3. The van der Waals surface area contributed by atoms with Gasteiger partial charge in [0.05, 0.1) is 5.92 Å². The van der Waals surface area contributed by atoms with Gasteiger partial charge in [0.15, 0.2) is 0 Å². The number of piperidine rings is 1. The number of benzene rings is 1. The zero-order chi connectivity index (χ0) is 17.0. The summed E-state index contributed by atoms with van der Waals surface area (Å²) in [5.41, 5.74) is 0.523. The summed E-state index contributed by atoms with van der Waals surface area (Å²) in [6.45, 7) is 2.29. The maximum atomic E-state index is 12.5. The van der Waals surface area contributed by atoms with Gasteiger partial charge >= 0.3 is 5.97 Å². The van der Waals surface area contributed by atoms with Crippen LogP contribution in [0.25, 0.3) is 0 Å². The van der Waals surface area contributed by atoms with Gasteiger partial charge < -0.3 is 15.3 Å². The lowest BCUT2D eigenvalue weighted by Gasteiger charge is -2.32. The van der Waals surface area contributed by atoms with E-state index in [1.807, 2.05) is 0 Å². The van der Waals surface area contributed by atoms with Crippen molar-refractivity contribution < 1.29 is 19.5 Å². The molecule has 1 unspecified atom stereocenters. The van der Waals surface area contributed by atoms with E-state index in [2.05, 4.69) is 5.32 Å². The Morgan fingerprint density at radius 3 is 2.57 bits per heavy atom. The Labute approximate surface area is 139 Å². The van der Waals surface area contributed by atoms with E-state index < -0.39 is 12.0 Å². The van der Waals surface area contributed by atoms with Gasteiger partial charge in [-0.05, 0) is 44.0 Å². The first kappa shape index (κ1) is 17.3. The lowest BCUT2D eigenvalue weighted by molar-refractivity contribution is -0.142. The number of amides is 2. The summed E-state index contributed by atoms with van der Waals surface area (Å²) >= 11 is 5.82. The number of rotatable bonds is 4. The Morgan fingerprint density at radius 2 is 1.96 bits per heavy atom. The second kappa shape index (κ2) is 7.46. The highest BCUT2D eigenvalue weighted by atomic mass is 35.5. The third kappa shape index (κ3) is 4.45. The van der Waals surface area contributed by atoms with Crippen molar-refractivity contribution >= 4 is 29.4 Å². The smallest absolute Gasteiger partial charge is 0.325 e. The molecule has 7 heteroatoms. The second-order valence-corrected chi connectivity index (χ2v) is 6.10. The molecule has 0 aromatic heterocycles. The summed E-state index contributed by atoms with van der Waals surface area (Å²) in [5, 5.41) is 11.9. The number of carboxylic acid groups (broad SMARTS) is 1. The number of halogens is 1. The van der Waals surface area contributed by atoms with Crippen LogP contribution in [0.5, 0.6) is 0 Å². The molecule has 2 N–H and O–H groups in total. The van der Waals surface area contributed by atoms with E-state index in [1.165, 1.54) is 6.92 Å². The molecule has 1 fully saturated rings. The number of nitrogens with zero attached hydrogens (tertiary/aromatic N) is 1. The van der Waals surface area contributed by atoms with Crippen LogP contribution in [0, 0.1) is 5.92 Å². The van der Waals surface area contributed by atoms with Crippen molar-refractivity contribution in [2.75, 3.05) is 13.1 Å². The molecule has 0 spiro atoms. The first-order chi connectivity index (χ1) is 10.9. The number of carboxylic acids is 1. The Hall–Kier alpha value is -2.08. The van der Waals surface area contributed by atoms with E-state index in [0.29, 0.717) is 36.5 Å². The van der Waals surface area contributed by atoms with Gasteiger partial charge in [-0.1, -0.05) is 11.6 Å². The minimum Gasteiger partial charge on any atom is -0.480 e. The Kier molecular flexibility index (Phi) is 5.60. The molecule has 1 aliphatic heterocycles. The highest BCUT2D eigenvalue weighted by Crippen LogP contribution is 2.20. The van der Waals surface area contributed by atoms with Crippen LogP contribution >= 0.6 is 11.6 Å². The monoisotopic (exact) mass is 338 g/mol.